The number of aromatic nitrogens is 1. The van der Waals surface area contributed by atoms with Crippen molar-refractivity contribution >= 4 is 35.5 Å². The Balaban J connectivity index is 1.67. The van der Waals surface area contributed by atoms with Gasteiger partial charge in [-0.1, -0.05) is 23.7 Å². The third-order valence-electron chi connectivity index (χ3n) is 4.44. The van der Waals surface area contributed by atoms with Crippen LogP contribution in [0.25, 0.3) is 5.69 Å². The van der Waals surface area contributed by atoms with Crippen LogP contribution in [-0.4, -0.2) is 21.9 Å². The minimum absolute atomic E-state index is 0.205. The maximum atomic E-state index is 14.2. The number of rotatable bonds is 6. The number of thioether (sulfide) groups is 1. The molecule has 0 aliphatic carbocycles. The Morgan fingerprint density at radius 1 is 1.21 bits per heavy atom. The van der Waals surface area contributed by atoms with Gasteiger partial charge in [0.2, 0.25) is 0 Å². The van der Waals surface area contributed by atoms with Crippen LogP contribution in [0.3, 0.4) is 0 Å². The summed E-state index contributed by atoms with van der Waals surface area (Å²) in [5.41, 5.74) is 5.59. The first-order chi connectivity index (χ1) is 13.9. The van der Waals surface area contributed by atoms with Crippen molar-refractivity contribution in [2.45, 2.75) is 30.9 Å². The van der Waals surface area contributed by atoms with Crippen LogP contribution in [-0.2, 0) is 4.79 Å². The van der Waals surface area contributed by atoms with Crippen molar-refractivity contribution < 1.29 is 9.18 Å². The molecule has 0 saturated carbocycles. The van der Waals surface area contributed by atoms with Crippen molar-refractivity contribution in [1.82, 2.24) is 9.99 Å². The molecule has 3 aromatic rings. The highest BCUT2D eigenvalue weighted by Crippen LogP contribution is 2.25. The van der Waals surface area contributed by atoms with Gasteiger partial charge in [0, 0.05) is 26.9 Å². The largest absolute Gasteiger partial charge is 0.315 e. The Labute approximate surface area is 178 Å². The van der Waals surface area contributed by atoms with Gasteiger partial charge in [-0.25, -0.2) is 9.82 Å². The SMILES string of the molecule is Cc1cc(/C=N\NC(=O)[C@H](C)Sc2ccc(Cl)cc2)c(C)n1-c1ccccc1F. The summed E-state index contributed by atoms with van der Waals surface area (Å²) >= 11 is 7.31. The molecular formula is C22H21ClFN3OS. The summed E-state index contributed by atoms with van der Waals surface area (Å²) in [4.78, 5) is 13.3. The molecule has 0 spiro atoms. The average molecular weight is 430 g/mol. The molecule has 4 nitrogen and oxygen atoms in total. The Morgan fingerprint density at radius 2 is 1.90 bits per heavy atom. The summed E-state index contributed by atoms with van der Waals surface area (Å²) in [5.74, 6) is -0.497. The highest BCUT2D eigenvalue weighted by molar-refractivity contribution is 8.00. The van der Waals surface area contributed by atoms with Crippen molar-refractivity contribution in [3.63, 3.8) is 0 Å². The first-order valence-electron chi connectivity index (χ1n) is 9.06. The van der Waals surface area contributed by atoms with Crippen molar-refractivity contribution in [2.75, 3.05) is 0 Å². The Morgan fingerprint density at radius 3 is 2.59 bits per heavy atom. The molecule has 2 aromatic carbocycles. The van der Waals surface area contributed by atoms with E-state index in [1.54, 1.807) is 36.5 Å². The van der Waals surface area contributed by atoms with Crippen LogP contribution in [0.2, 0.25) is 5.02 Å². The number of carbonyl (C=O) groups is 1. The summed E-state index contributed by atoms with van der Waals surface area (Å²) in [6.07, 6.45) is 1.58. The molecule has 0 saturated heterocycles. The molecule has 3 rings (SSSR count). The Bertz CT molecular complexity index is 1050. The van der Waals surface area contributed by atoms with Gasteiger partial charge in [0.1, 0.15) is 5.82 Å². The lowest BCUT2D eigenvalue weighted by Gasteiger charge is -2.10. The van der Waals surface area contributed by atoms with E-state index in [0.29, 0.717) is 10.7 Å². The lowest BCUT2D eigenvalue weighted by atomic mass is 10.2. The third kappa shape index (κ3) is 5.08. The summed E-state index contributed by atoms with van der Waals surface area (Å²) in [5, 5.41) is 4.42. The minimum Gasteiger partial charge on any atom is -0.315 e. The van der Waals surface area contributed by atoms with Crippen LogP contribution in [0, 0.1) is 19.7 Å². The van der Waals surface area contributed by atoms with Crippen molar-refractivity contribution in [2.24, 2.45) is 5.10 Å². The zero-order valence-electron chi connectivity index (χ0n) is 16.3. The number of hydrogen-bond acceptors (Lipinski definition) is 3. The second kappa shape index (κ2) is 9.29. The summed E-state index contributed by atoms with van der Waals surface area (Å²) in [6, 6.07) is 15.9. The van der Waals surface area contributed by atoms with Crippen LogP contribution in [0.1, 0.15) is 23.9 Å². The zero-order chi connectivity index (χ0) is 21.0. The number of benzene rings is 2. The van der Waals surface area contributed by atoms with Gasteiger partial charge >= 0.3 is 0 Å². The van der Waals surface area contributed by atoms with E-state index in [1.807, 2.05) is 43.5 Å². The smallest absolute Gasteiger partial charge is 0.253 e. The molecule has 0 unspecified atom stereocenters. The van der Waals surface area contributed by atoms with Crippen molar-refractivity contribution in [1.29, 1.82) is 0 Å². The van der Waals surface area contributed by atoms with Crippen molar-refractivity contribution in [3.8, 4) is 5.69 Å². The highest BCUT2D eigenvalue weighted by atomic mass is 35.5. The van der Waals surface area contributed by atoms with Crippen LogP contribution >= 0.6 is 23.4 Å². The molecular weight excluding hydrogens is 409 g/mol. The number of nitrogens with one attached hydrogen (secondary N) is 1. The average Bonchev–Trinajstić information content (AvgIpc) is 2.97. The fraction of sp³-hybridized carbons (Fsp3) is 0.182. The summed E-state index contributed by atoms with van der Waals surface area (Å²) in [7, 11) is 0. The Hall–Kier alpha value is -2.57. The first-order valence-corrected chi connectivity index (χ1v) is 10.3. The third-order valence-corrected chi connectivity index (χ3v) is 5.80. The predicted octanol–water partition coefficient (Wildman–Crippen LogP) is 5.52. The molecule has 1 heterocycles. The maximum Gasteiger partial charge on any atom is 0.253 e. The molecule has 0 fully saturated rings. The van der Waals surface area contributed by atoms with E-state index >= 15 is 0 Å². The molecule has 0 radical (unpaired) electrons. The molecule has 1 aromatic heterocycles. The lowest BCUT2D eigenvalue weighted by Crippen LogP contribution is -2.26. The summed E-state index contributed by atoms with van der Waals surface area (Å²) in [6.45, 7) is 5.61. The van der Waals surface area contributed by atoms with E-state index in [-0.39, 0.29) is 17.0 Å². The van der Waals surface area contributed by atoms with E-state index in [0.717, 1.165) is 21.8 Å². The number of amides is 1. The molecule has 1 amide bonds. The number of hydrazone groups is 1. The molecule has 29 heavy (non-hydrogen) atoms. The number of carbonyl (C=O) groups excluding carboxylic acids is 1. The number of para-hydroxylation sites is 1. The van der Waals surface area contributed by atoms with Gasteiger partial charge in [-0.15, -0.1) is 11.8 Å². The first kappa shape index (κ1) is 21.1. The quantitative estimate of drug-likeness (QED) is 0.318. The van der Waals surface area contributed by atoms with Gasteiger partial charge in [0.25, 0.3) is 5.91 Å². The van der Waals surface area contributed by atoms with Crippen LogP contribution in [0.5, 0.6) is 0 Å². The van der Waals surface area contributed by atoms with Gasteiger partial charge in [0.05, 0.1) is 17.2 Å². The molecule has 0 aliphatic rings. The number of halogens is 2. The van der Waals surface area contributed by atoms with Crippen molar-refractivity contribution in [3.05, 3.63) is 82.4 Å². The van der Waals surface area contributed by atoms with Gasteiger partial charge in [0.15, 0.2) is 0 Å². The van der Waals surface area contributed by atoms with E-state index in [4.69, 9.17) is 11.6 Å². The highest BCUT2D eigenvalue weighted by Gasteiger charge is 2.15. The van der Waals surface area contributed by atoms with Crippen LogP contribution in [0.4, 0.5) is 4.39 Å². The second-order valence-electron chi connectivity index (χ2n) is 6.56. The van der Waals surface area contributed by atoms with Crippen LogP contribution in [0.15, 0.2) is 64.6 Å². The monoisotopic (exact) mass is 429 g/mol. The van der Waals surface area contributed by atoms with E-state index in [1.165, 1.54) is 17.8 Å². The van der Waals surface area contributed by atoms with Gasteiger partial charge in [-0.3, -0.25) is 4.79 Å². The molecule has 1 N–H and O–H groups in total. The van der Waals surface area contributed by atoms with Gasteiger partial charge < -0.3 is 4.57 Å². The zero-order valence-corrected chi connectivity index (χ0v) is 17.9. The lowest BCUT2D eigenvalue weighted by molar-refractivity contribution is -0.120. The molecule has 0 bridgehead atoms. The molecule has 0 aliphatic heterocycles. The van der Waals surface area contributed by atoms with Gasteiger partial charge in [-0.05, 0) is 63.2 Å². The number of hydrogen-bond donors (Lipinski definition) is 1. The maximum absolute atomic E-state index is 14.2. The summed E-state index contributed by atoms with van der Waals surface area (Å²) < 4.78 is 16.0. The van der Waals surface area contributed by atoms with E-state index in [9.17, 15) is 9.18 Å². The standard InChI is InChI=1S/C22H21ClFN3OS/c1-14-12-17(15(2)27(14)21-7-5-4-6-20(21)24)13-25-26-22(28)16(3)29-19-10-8-18(23)9-11-19/h4-13,16H,1-3H3,(H,26,28)/b25-13-/t16-/m0/s1. The van der Waals surface area contributed by atoms with Crippen LogP contribution < -0.4 is 5.43 Å². The number of aryl methyl sites for hydroxylation is 1. The topological polar surface area (TPSA) is 46.4 Å². The molecule has 150 valence electrons. The van der Waals surface area contributed by atoms with E-state index < -0.39 is 0 Å². The van der Waals surface area contributed by atoms with Gasteiger partial charge in [-0.2, -0.15) is 5.10 Å². The fourth-order valence-electron chi connectivity index (χ4n) is 2.95. The Kier molecular flexibility index (Phi) is 6.77. The fourth-order valence-corrected chi connectivity index (χ4v) is 3.94. The predicted molar refractivity (Wildman–Crippen MR) is 118 cm³/mol. The second-order valence-corrected chi connectivity index (χ2v) is 8.41. The molecule has 1 atom stereocenters. The van der Waals surface area contributed by atoms with E-state index in [2.05, 4.69) is 10.5 Å². The molecule has 7 heteroatoms. The minimum atomic E-state index is -0.320. The number of nitrogens with zero attached hydrogens (tertiary/aromatic N) is 2. The normalized spacial score (nSPS) is 12.3.